The van der Waals surface area contributed by atoms with Crippen LogP contribution in [0, 0.1) is 6.92 Å². The second-order valence-electron chi connectivity index (χ2n) is 4.85. The van der Waals surface area contributed by atoms with Crippen LogP contribution in [0.25, 0.3) is 0 Å². The van der Waals surface area contributed by atoms with Crippen LogP contribution in [0.2, 0.25) is 5.02 Å². The lowest BCUT2D eigenvalue weighted by Gasteiger charge is -2.17. The largest absolute Gasteiger partial charge is 0.382 e. The number of unbranched alkanes of at least 4 members (excludes halogenated alkanes) is 3. The summed E-state index contributed by atoms with van der Waals surface area (Å²) in [6.07, 6.45) is 6.53. The van der Waals surface area contributed by atoms with Crippen molar-refractivity contribution in [1.82, 2.24) is 0 Å². The highest BCUT2D eigenvalue weighted by molar-refractivity contribution is 6.30. The molecule has 96 valence electrons. The highest BCUT2D eigenvalue weighted by Crippen LogP contribution is 2.21. The van der Waals surface area contributed by atoms with Crippen molar-refractivity contribution in [3.8, 4) is 0 Å². The second-order valence-corrected chi connectivity index (χ2v) is 5.29. The minimum Gasteiger partial charge on any atom is -0.382 e. The fraction of sp³-hybridized carbons (Fsp3) is 0.600. The Kier molecular flexibility index (Phi) is 6.43. The van der Waals surface area contributed by atoms with E-state index in [9.17, 15) is 0 Å². The molecule has 0 bridgehead atoms. The standard InChI is InChI=1S/C15H24ClN/c1-4-5-6-7-8-13(3)17-15-11-14(16)10-9-12(15)2/h9-11,13,17H,4-8H2,1-3H3. The Morgan fingerprint density at radius 1 is 1.24 bits per heavy atom. The molecule has 0 aliphatic heterocycles. The molecule has 17 heavy (non-hydrogen) atoms. The monoisotopic (exact) mass is 253 g/mol. The van der Waals surface area contributed by atoms with E-state index in [-0.39, 0.29) is 0 Å². The Morgan fingerprint density at radius 2 is 2.00 bits per heavy atom. The molecule has 1 atom stereocenters. The molecule has 0 aliphatic carbocycles. The van der Waals surface area contributed by atoms with Gasteiger partial charge in [-0.1, -0.05) is 50.3 Å². The third kappa shape index (κ3) is 5.45. The molecule has 0 radical (unpaired) electrons. The lowest BCUT2D eigenvalue weighted by Crippen LogP contribution is -2.15. The number of hydrogen-bond donors (Lipinski definition) is 1. The highest BCUT2D eigenvalue weighted by Gasteiger charge is 2.04. The third-order valence-corrected chi connectivity index (χ3v) is 3.33. The van der Waals surface area contributed by atoms with E-state index in [4.69, 9.17) is 11.6 Å². The van der Waals surface area contributed by atoms with Gasteiger partial charge in [0.25, 0.3) is 0 Å². The molecule has 1 rings (SSSR count). The van der Waals surface area contributed by atoms with E-state index in [2.05, 4.69) is 32.2 Å². The van der Waals surface area contributed by atoms with Gasteiger partial charge >= 0.3 is 0 Å². The van der Waals surface area contributed by atoms with Crippen LogP contribution < -0.4 is 5.32 Å². The van der Waals surface area contributed by atoms with Gasteiger partial charge in [0.05, 0.1) is 0 Å². The van der Waals surface area contributed by atoms with E-state index in [1.54, 1.807) is 0 Å². The Morgan fingerprint density at radius 3 is 2.71 bits per heavy atom. The van der Waals surface area contributed by atoms with Gasteiger partial charge < -0.3 is 5.32 Å². The molecule has 0 heterocycles. The third-order valence-electron chi connectivity index (χ3n) is 3.09. The van der Waals surface area contributed by atoms with Crippen LogP contribution in [0.15, 0.2) is 18.2 Å². The Hall–Kier alpha value is -0.690. The Balaban J connectivity index is 2.39. The molecule has 0 amide bonds. The van der Waals surface area contributed by atoms with Crippen LogP contribution in [0.5, 0.6) is 0 Å². The number of anilines is 1. The summed E-state index contributed by atoms with van der Waals surface area (Å²) < 4.78 is 0. The van der Waals surface area contributed by atoms with Crippen LogP contribution >= 0.6 is 11.6 Å². The van der Waals surface area contributed by atoms with E-state index >= 15 is 0 Å². The highest BCUT2D eigenvalue weighted by atomic mass is 35.5. The van der Waals surface area contributed by atoms with Gasteiger partial charge in [-0.25, -0.2) is 0 Å². The molecule has 1 aromatic rings. The predicted octanol–water partition coefficient (Wildman–Crippen LogP) is 5.42. The first-order chi connectivity index (χ1) is 8.13. The quantitative estimate of drug-likeness (QED) is 0.640. The van der Waals surface area contributed by atoms with Gasteiger partial charge in [-0.2, -0.15) is 0 Å². The van der Waals surface area contributed by atoms with Crippen molar-refractivity contribution in [2.75, 3.05) is 5.32 Å². The molecule has 0 aromatic heterocycles. The second kappa shape index (κ2) is 7.60. The summed E-state index contributed by atoms with van der Waals surface area (Å²) in [5, 5.41) is 4.35. The SMILES string of the molecule is CCCCCCC(C)Nc1cc(Cl)ccc1C. The molecule has 0 saturated carbocycles. The van der Waals surface area contributed by atoms with Crippen LogP contribution in [-0.4, -0.2) is 6.04 Å². The lowest BCUT2D eigenvalue weighted by atomic mass is 10.1. The van der Waals surface area contributed by atoms with Crippen molar-refractivity contribution in [2.24, 2.45) is 0 Å². The summed E-state index contributed by atoms with van der Waals surface area (Å²) in [5.41, 5.74) is 2.43. The number of rotatable bonds is 7. The number of benzene rings is 1. The minimum atomic E-state index is 0.518. The first-order valence-electron chi connectivity index (χ1n) is 6.66. The zero-order chi connectivity index (χ0) is 12.7. The molecule has 0 spiro atoms. The Bertz CT molecular complexity index is 336. The van der Waals surface area contributed by atoms with Crippen molar-refractivity contribution in [2.45, 2.75) is 58.9 Å². The smallest absolute Gasteiger partial charge is 0.0426 e. The topological polar surface area (TPSA) is 12.0 Å². The van der Waals surface area contributed by atoms with E-state index in [0.717, 1.165) is 5.02 Å². The summed E-state index contributed by atoms with van der Waals surface area (Å²) in [5.74, 6) is 0. The van der Waals surface area contributed by atoms with Gasteiger partial charge in [-0.15, -0.1) is 0 Å². The van der Waals surface area contributed by atoms with Crippen LogP contribution in [0.4, 0.5) is 5.69 Å². The summed E-state index contributed by atoms with van der Waals surface area (Å²) in [7, 11) is 0. The maximum Gasteiger partial charge on any atom is 0.0426 e. The number of aryl methyl sites for hydroxylation is 1. The van der Waals surface area contributed by atoms with Crippen molar-refractivity contribution in [3.05, 3.63) is 28.8 Å². The molecule has 0 aliphatic rings. The summed E-state index contributed by atoms with van der Waals surface area (Å²) in [4.78, 5) is 0. The van der Waals surface area contributed by atoms with Gasteiger partial charge in [0.15, 0.2) is 0 Å². The average Bonchev–Trinajstić information content (AvgIpc) is 2.29. The molecule has 1 N–H and O–H groups in total. The van der Waals surface area contributed by atoms with Gasteiger partial charge in [0, 0.05) is 16.8 Å². The maximum atomic E-state index is 6.01. The van der Waals surface area contributed by atoms with Gasteiger partial charge in [-0.05, 0) is 38.0 Å². The molecular formula is C15H24ClN. The first kappa shape index (κ1) is 14.4. The van der Waals surface area contributed by atoms with Crippen molar-refractivity contribution in [1.29, 1.82) is 0 Å². The van der Waals surface area contributed by atoms with Crippen LogP contribution in [-0.2, 0) is 0 Å². The first-order valence-corrected chi connectivity index (χ1v) is 7.04. The molecule has 2 heteroatoms. The summed E-state index contributed by atoms with van der Waals surface area (Å²) in [6.45, 7) is 6.60. The van der Waals surface area contributed by atoms with Crippen molar-refractivity contribution >= 4 is 17.3 Å². The number of hydrogen-bond acceptors (Lipinski definition) is 1. The summed E-state index contributed by atoms with van der Waals surface area (Å²) in [6, 6.07) is 6.53. The average molecular weight is 254 g/mol. The molecule has 1 nitrogen and oxygen atoms in total. The van der Waals surface area contributed by atoms with Gasteiger partial charge in [0.2, 0.25) is 0 Å². The van der Waals surface area contributed by atoms with Crippen LogP contribution in [0.1, 0.15) is 51.5 Å². The summed E-state index contributed by atoms with van der Waals surface area (Å²) >= 11 is 6.01. The maximum absolute atomic E-state index is 6.01. The van der Waals surface area contributed by atoms with E-state index in [1.165, 1.54) is 43.4 Å². The van der Waals surface area contributed by atoms with Crippen molar-refractivity contribution in [3.63, 3.8) is 0 Å². The normalized spacial score (nSPS) is 12.5. The van der Waals surface area contributed by atoms with Crippen LogP contribution in [0.3, 0.4) is 0 Å². The number of nitrogens with one attached hydrogen (secondary N) is 1. The van der Waals surface area contributed by atoms with E-state index in [1.807, 2.05) is 12.1 Å². The van der Waals surface area contributed by atoms with Crippen molar-refractivity contribution < 1.29 is 0 Å². The minimum absolute atomic E-state index is 0.518. The molecule has 0 saturated heterocycles. The van der Waals surface area contributed by atoms with Gasteiger partial charge in [0.1, 0.15) is 0 Å². The molecule has 1 unspecified atom stereocenters. The van der Waals surface area contributed by atoms with E-state index in [0.29, 0.717) is 6.04 Å². The lowest BCUT2D eigenvalue weighted by molar-refractivity contribution is 0.594. The van der Waals surface area contributed by atoms with E-state index < -0.39 is 0 Å². The fourth-order valence-electron chi connectivity index (χ4n) is 1.96. The zero-order valence-corrected chi connectivity index (χ0v) is 12.0. The molecule has 1 aromatic carbocycles. The molecule has 0 fully saturated rings. The fourth-order valence-corrected chi connectivity index (χ4v) is 2.14. The number of halogens is 1. The molecular weight excluding hydrogens is 230 g/mol. The predicted molar refractivity (Wildman–Crippen MR) is 78.0 cm³/mol. The Labute approximate surface area is 111 Å². The zero-order valence-electron chi connectivity index (χ0n) is 11.2. The van der Waals surface area contributed by atoms with Gasteiger partial charge in [-0.3, -0.25) is 0 Å².